The maximum absolute atomic E-state index is 12.7. The van der Waals surface area contributed by atoms with Crippen molar-refractivity contribution in [2.24, 2.45) is 10.7 Å². The number of nitrogens with two attached hydrogens (primary N) is 1. The molecule has 4 heteroatoms. The van der Waals surface area contributed by atoms with Gasteiger partial charge in [0.2, 0.25) is 5.97 Å². The van der Waals surface area contributed by atoms with E-state index in [4.69, 9.17) is 5.73 Å². The Labute approximate surface area is 76.8 Å². The molecule has 0 radical (unpaired) electrons. The first-order chi connectivity index (χ1) is 5.81. The predicted octanol–water partition coefficient (Wildman–Crippen LogP) is 2.48. The minimum Gasteiger partial charge on any atom is -0.322 e. The number of allylic oxidation sites excluding steroid dienone is 2. The first kappa shape index (κ1) is 12.0. The van der Waals surface area contributed by atoms with E-state index in [1.807, 2.05) is 0 Å². The van der Waals surface area contributed by atoms with Crippen LogP contribution in [-0.2, 0) is 0 Å². The summed E-state index contributed by atoms with van der Waals surface area (Å²) in [7, 11) is 0. The molecule has 0 aliphatic carbocycles. The Morgan fingerprint density at radius 2 is 1.92 bits per heavy atom. The van der Waals surface area contributed by atoms with Crippen LogP contribution in [0.25, 0.3) is 0 Å². The average molecular weight is 188 g/mol. The van der Waals surface area contributed by atoms with Gasteiger partial charge in [0.25, 0.3) is 0 Å². The van der Waals surface area contributed by atoms with Gasteiger partial charge in [-0.25, -0.2) is 9.38 Å². The van der Waals surface area contributed by atoms with E-state index >= 15 is 0 Å². The standard InChI is InChI=1S/C9H14F2N2/c1-7(10)6-13-8(11)4-5-9(2,3)12/h4-6H,12H2,1-3H3/b5-4-,7-6+,13-8+. The molecule has 0 aliphatic heterocycles. The van der Waals surface area contributed by atoms with Crippen LogP contribution in [0, 0.1) is 0 Å². The predicted molar refractivity (Wildman–Crippen MR) is 50.8 cm³/mol. The van der Waals surface area contributed by atoms with Crippen LogP contribution in [0.4, 0.5) is 8.78 Å². The zero-order valence-corrected chi connectivity index (χ0v) is 8.01. The molecule has 0 amide bonds. The highest BCUT2D eigenvalue weighted by Crippen LogP contribution is 2.00. The summed E-state index contributed by atoms with van der Waals surface area (Å²) in [6.07, 6.45) is 3.37. The minimum atomic E-state index is -0.768. The maximum Gasteiger partial charge on any atom is 0.212 e. The van der Waals surface area contributed by atoms with Crippen LogP contribution in [0.3, 0.4) is 0 Å². The molecule has 0 saturated heterocycles. The number of halogens is 2. The molecule has 0 saturated carbocycles. The molecular weight excluding hydrogens is 174 g/mol. The van der Waals surface area contributed by atoms with Gasteiger partial charge >= 0.3 is 0 Å². The van der Waals surface area contributed by atoms with E-state index in [1.54, 1.807) is 13.8 Å². The van der Waals surface area contributed by atoms with Gasteiger partial charge in [-0.15, -0.1) is 0 Å². The zero-order valence-electron chi connectivity index (χ0n) is 8.01. The number of hydrogen-bond acceptors (Lipinski definition) is 2. The lowest BCUT2D eigenvalue weighted by atomic mass is 10.1. The van der Waals surface area contributed by atoms with E-state index in [1.165, 1.54) is 13.0 Å². The van der Waals surface area contributed by atoms with Gasteiger partial charge in [-0.05, 0) is 26.8 Å². The van der Waals surface area contributed by atoms with Gasteiger partial charge in [0.1, 0.15) is 5.83 Å². The monoisotopic (exact) mass is 188 g/mol. The molecule has 2 nitrogen and oxygen atoms in total. The van der Waals surface area contributed by atoms with Gasteiger partial charge in [-0.1, -0.05) is 6.08 Å². The van der Waals surface area contributed by atoms with Crippen LogP contribution in [0.5, 0.6) is 0 Å². The van der Waals surface area contributed by atoms with Crippen LogP contribution >= 0.6 is 0 Å². The Hall–Kier alpha value is -1.03. The Balaban J connectivity index is 4.31. The van der Waals surface area contributed by atoms with Gasteiger partial charge in [0.15, 0.2) is 0 Å². The first-order valence-electron chi connectivity index (χ1n) is 3.85. The maximum atomic E-state index is 12.7. The van der Waals surface area contributed by atoms with E-state index in [0.717, 1.165) is 12.3 Å². The molecule has 0 rings (SSSR count). The number of nitrogens with zero attached hydrogens (tertiary/aromatic N) is 1. The Bertz CT molecular complexity index is 243. The van der Waals surface area contributed by atoms with E-state index in [0.29, 0.717) is 0 Å². The van der Waals surface area contributed by atoms with E-state index in [2.05, 4.69) is 4.99 Å². The number of hydrogen-bond donors (Lipinski definition) is 1. The molecule has 2 N–H and O–H groups in total. The van der Waals surface area contributed by atoms with Crippen LogP contribution in [0.1, 0.15) is 20.8 Å². The van der Waals surface area contributed by atoms with Crippen molar-refractivity contribution in [3.63, 3.8) is 0 Å². The van der Waals surface area contributed by atoms with Crippen molar-refractivity contribution in [2.45, 2.75) is 26.3 Å². The second-order valence-electron chi connectivity index (χ2n) is 3.32. The fourth-order valence-corrected chi connectivity index (χ4v) is 0.477. The third kappa shape index (κ3) is 8.88. The third-order valence-corrected chi connectivity index (χ3v) is 1.02. The molecule has 0 aliphatic rings. The second kappa shape index (κ2) is 4.87. The van der Waals surface area contributed by atoms with Crippen molar-refractivity contribution in [1.29, 1.82) is 0 Å². The van der Waals surface area contributed by atoms with Gasteiger partial charge in [0.05, 0.1) is 6.20 Å². The summed E-state index contributed by atoms with van der Waals surface area (Å²) in [6, 6.07) is 0. The normalized spacial score (nSPS) is 15.5. The van der Waals surface area contributed by atoms with E-state index in [9.17, 15) is 8.78 Å². The lowest BCUT2D eigenvalue weighted by molar-refractivity contribution is 0.636. The average Bonchev–Trinajstić information content (AvgIpc) is 1.95. The van der Waals surface area contributed by atoms with Crippen molar-refractivity contribution < 1.29 is 8.78 Å². The van der Waals surface area contributed by atoms with Gasteiger partial charge in [-0.3, -0.25) is 0 Å². The lowest BCUT2D eigenvalue weighted by Gasteiger charge is -2.10. The molecule has 0 aromatic carbocycles. The molecule has 0 unspecified atom stereocenters. The molecule has 0 spiro atoms. The highest BCUT2D eigenvalue weighted by atomic mass is 19.1. The van der Waals surface area contributed by atoms with E-state index in [-0.39, 0.29) is 0 Å². The third-order valence-electron chi connectivity index (χ3n) is 1.02. The smallest absolute Gasteiger partial charge is 0.212 e. The number of aliphatic imine (C=N–C) groups is 1. The summed E-state index contributed by atoms with van der Waals surface area (Å²) >= 11 is 0. The Kier molecular flexibility index (Phi) is 4.48. The van der Waals surface area contributed by atoms with Crippen LogP contribution in [0.15, 0.2) is 29.2 Å². The summed E-state index contributed by atoms with van der Waals surface area (Å²) in [5.41, 5.74) is 4.95. The molecule has 74 valence electrons. The Morgan fingerprint density at radius 3 is 2.31 bits per heavy atom. The van der Waals surface area contributed by atoms with Crippen molar-refractivity contribution in [1.82, 2.24) is 0 Å². The van der Waals surface area contributed by atoms with Crippen molar-refractivity contribution in [3.05, 3.63) is 24.2 Å². The fraction of sp³-hybridized carbons (Fsp3) is 0.444. The van der Waals surface area contributed by atoms with E-state index < -0.39 is 17.3 Å². The zero-order chi connectivity index (χ0) is 10.5. The fourth-order valence-electron chi connectivity index (χ4n) is 0.477. The molecular formula is C9H14F2N2. The lowest BCUT2D eigenvalue weighted by Crippen LogP contribution is -2.28. The SMILES string of the molecule is C\C(F)=C/N=C(F)\C=C/C(C)(C)N. The molecule has 0 atom stereocenters. The summed E-state index contributed by atoms with van der Waals surface area (Å²) in [6.45, 7) is 4.62. The second-order valence-corrected chi connectivity index (χ2v) is 3.32. The largest absolute Gasteiger partial charge is 0.322 e. The molecule has 0 aromatic heterocycles. The van der Waals surface area contributed by atoms with Crippen molar-refractivity contribution >= 4 is 5.97 Å². The summed E-state index contributed by atoms with van der Waals surface area (Å²) < 4.78 is 24.8. The summed E-state index contributed by atoms with van der Waals surface area (Å²) in [5, 5.41) is 0. The number of rotatable bonds is 3. The quantitative estimate of drug-likeness (QED) is 0.679. The molecule has 0 bridgehead atoms. The van der Waals surface area contributed by atoms with Crippen LogP contribution < -0.4 is 5.73 Å². The highest BCUT2D eigenvalue weighted by Gasteiger charge is 2.04. The van der Waals surface area contributed by atoms with Crippen molar-refractivity contribution in [2.75, 3.05) is 0 Å². The van der Waals surface area contributed by atoms with Gasteiger partial charge in [-0.2, -0.15) is 4.39 Å². The van der Waals surface area contributed by atoms with Gasteiger partial charge < -0.3 is 5.73 Å². The topological polar surface area (TPSA) is 38.4 Å². The molecule has 13 heavy (non-hydrogen) atoms. The Morgan fingerprint density at radius 1 is 1.38 bits per heavy atom. The minimum absolute atomic E-state index is 0.546. The van der Waals surface area contributed by atoms with Crippen LogP contribution in [0.2, 0.25) is 0 Å². The molecule has 0 heterocycles. The summed E-state index contributed by atoms with van der Waals surface area (Å²) in [5.74, 6) is -1.31. The molecule has 0 fully saturated rings. The summed E-state index contributed by atoms with van der Waals surface area (Å²) in [4.78, 5) is 3.20. The van der Waals surface area contributed by atoms with Gasteiger partial charge in [0, 0.05) is 5.54 Å². The first-order valence-corrected chi connectivity index (χ1v) is 3.85. The van der Waals surface area contributed by atoms with Crippen LogP contribution in [-0.4, -0.2) is 11.5 Å². The molecule has 0 aromatic rings. The van der Waals surface area contributed by atoms with Crippen molar-refractivity contribution in [3.8, 4) is 0 Å². The highest BCUT2D eigenvalue weighted by molar-refractivity contribution is 5.87.